The first-order chi connectivity index (χ1) is 15.5. The second-order valence-electron chi connectivity index (χ2n) is 8.43. The van der Waals surface area contributed by atoms with E-state index in [1.165, 1.54) is 0 Å². The van der Waals surface area contributed by atoms with Crippen LogP contribution in [0.3, 0.4) is 0 Å². The number of Topliss-reactive ketones (excluding diaryl/α,β-unsaturated/α-hetero) is 1. The number of unbranched alkanes of at least 4 members (excludes halogenated alkanes) is 4. The van der Waals surface area contributed by atoms with Crippen molar-refractivity contribution in [2.45, 2.75) is 70.9 Å². The number of hydrogen-bond donors (Lipinski definition) is 1. The minimum atomic E-state index is -4.24. The van der Waals surface area contributed by atoms with Crippen LogP contribution in [-0.2, 0) is 18.3 Å². The Kier molecular flexibility index (Phi) is 9.85. The van der Waals surface area contributed by atoms with Crippen molar-refractivity contribution in [3.05, 3.63) is 34.5 Å². The van der Waals surface area contributed by atoms with Crippen LogP contribution < -0.4 is 0 Å². The summed E-state index contributed by atoms with van der Waals surface area (Å²) in [6, 6.07) is 5.42. The van der Waals surface area contributed by atoms with Crippen molar-refractivity contribution in [1.29, 1.82) is 0 Å². The number of benzene rings is 1. The molecule has 0 amide bonds. The van der Waals surface area contributed by atoms with Gasteiger partial charge in [-0.15, -0.1) is 5.92 Å². The molecular formula is C25H29ClF3NO3. The van der Waals surface area contributed by atoms with E-state index >= 15 is 0 Å². The number of ketones is 1. The van der Waals surface area contributed by atoms with E-state index in [4.69, 9.17) is 16.7 Å². The number of aromatic nitrogens is 1. The van der Waals surface area contributed by atoms with Crippen LogP contribution in [0.1, 0.15) is 74.3 Å². The standard InChI is InChI=1S/C25H29ClF3NO3/c1-17(15-23(32)33)14-22(31)24-19-16-18(26)11-12-20(19)30(2)21(24)10-8-6-4-3-5-7-9-13-25(27,28)29/h11-12,16-17H,3-6,8,10,13-15H2,1-2H3,(H,32,33). The molecule has 0 saturated carbocycles. The van der Waals surface area contributed by atoms with Gasteiger partial charge in [0.05, 0.1) is 0 Å². The lowest BCUT2D eigenvalue weighted by molar-refractivity contribution is -0.137. The van der Waals surface area contributed by atoms with E-state index in [2.05, 4.69) is 11.8 Å². The van der Waals surface area contributed by atoms with Crippen molar-refractivity contribution in [1.82, 2.24) is 4.57 Å². The van der Waals surface area contributed by atoms with Crippen molar-refractivity contribution in [2.24, 2.45) is 13.0 Å². The molecule has 0 aliphatic carbocycles. The van der Waals surface area contributed by atoms with Gasteiger partial charge >= 0.3 is 12.1 Å². The van der Waals surface area contributed by atoms with E-state index in [1.807, 2.05) is 17.7 Å². The fraction of sp³-hybridized carbons (Fsp3) is 0.520. The molecule has 0 spiro atoms. The van der Waals surface area contributed by atoms with Crippen LogP contribution in [0, 0.1) is 17.8 Å². The molecule has 33 heavy (non-hydrogen) atoms. The molecule has 0 saturated heterocycles. The molecule has 0 bridgehead atoms. The van der Waals surface area contributed by atoms with Crippen molar-refractivity contribution >= 4 is 34.3 Å². The average molecular weight is 484 g/mol. The fourth-order valence-electron chi connectivity index (χ4n) is 3.97. The Morgan fingerprint density at radius 3 is 2.48 bits per heavy atom. The van der Waals surface area contributed by atoms with Gasteiger partial charge in [0, 0.05) is 53.5 Å². The lowest BCUT2D eigenvalue weighted by Gasteiger charge is -2.10. The van der Waals surface area contributed by atoms with E-state index < -0.39 is 18.6 Å². The first-order valence-electron chi connectivity index (χ1n) is 11.0. The Labute approximate surface area is 197 Å². The highest BCUT2D eigenvalue weighted by molar-refractivity contribution is 6.31. The second-order valence-corrected chi connectivity index (χ2v) is 8.87. The van der Waals surface area contributed by atoms with Crippen molar-refractivity contribution in [2.75, 3.05) is 0 Å². The summed E-state index contributed by atoms with van der Waals surface area (Å²) in [5.41, 5.74) is 2.39. The number of hydrogen-bond acceptors (Lipinski definition) is 2. The van der Waals surface area contributed by atoms with Gasteiger partial charge in [-0.25, -0.2) is 0 Å². The number of carboxylic acids is 1. The van der Waals surface area contributed by atoms with Crippen LogP contribution in [0.25, 0.3) is 10.9 Å². The zero-order valence-electron chi connectivity index (χ0n) is 18.9. The third-order valence-electron chi connectivity index (χ3n) is 5.50. The number of halogens is 4. The summed E-state index contributed by atoms with van der Waals surface area (Å²) in [5, 5.41) is 10.3. The molecule has 180 valence electrons. The van der Waals surface area contributed by atoms with Gasteiger partial charge in [0.2, 0.25) is 0 Å². The normalized spacial score (nSPS) is 12.4. The maximum atomic E-state index is 13.2. The van der Waals surface area contributed by atoms with Gasteiger partial charge in [-0.3, -0.25) is 9.59 Å². The second kappa shape index (κ2) is 12.1. The topological polar surface area (TPSA) is 59.3 Å². The molecule has 1 atom stereocenters. The van der Waals surface area contributed by atoms with Crippen molar-refractivity contribution in [3.8, 4) is 11.8 Å². The highest BCUT2D eigenvalue weighted by Gasteiger charge is 2.25. The monoisotopic (exact) mass is 483 g/mol. The average Bonchev–Trinajstić information content (AvgIpc) is 2.96. The van der Waals surface area contributed by atoms with E-state index in [1.54, 1.807) is 19.1 Å². The third-order valence-corrected chi connectivity index (χ3v) is 5.73. The molecule has 1 heterocycles. The highest BCUT2D eigenvalue weighted by Crippen LogP contribution is 2.31. The maximum Gasteiger partial charge on any atom is 0.399 e. The smallest absolute Gasteiger partial charge is 0.399 e. The lowest BCUT2D eigenvalue weighted by Crippen LogP contribution is -2.12. The highest BCUT2D eigenvalue weighted by atomic mass is 35.5. The quantitative estimate of drug-likeness (QED) is 0.213. The zero-order chi connectivity index (χ0) is 24.6. The minimum Gasteiger partial charge on any atom is -0.481 e. The molecule has 1 N–H and O–H groups in total. The summed E-state index contributed by atoms with van der Waals surface area (Å²) in [7, 11) is 1.90. The largest absolute Gasteiger partial charge is 0.481 e. The molecule has 0 radical (unpaired) electrons. The molecule has 1 aromatic heterocycles. The predicted molar refractivity (Wildman–Crippen MR) is 124 cm³/mol. The number of aryl methyl sites for hydroxylation is 1. The van der Waals surface area contributed by atoms with Crippen LogP contribution in [0.15, 0.2) is 18.2 Å². The number of fused-ring (bicyclic) bond motifs is 1. The van der Waals surface area contributed by atoms with E-state index in [9.17, 15) is 22.8 Å². The predicted octanol–water partition coefficient (Wildman–Crippen LogP) is 6.96. The molecule has 0 aliphatic rings. The Morgan fingerprint density at radius 1 is 1.12 bits per heavy atom. The number of aliphatic carboxylic acids is 1. The molecule has 8 heteroatoms. The lowest BCUT2D eigenvalue weighted by atomic mass is 9.94. The molecular weight excluding hydrogens is 455 g/mol. The zero-order valence-corrected chi connectivity index (χ0v) is 19.7. The summed E-state index contributed by atoms with van der Waals surface area (Å²) >= 11 is 6.18. The molecule has 1 unspecified atom stereocenters. The van der Waals surface area contributed by atoms with Gasteiger partial charge in [-0.05, 0) is 43.4 Å². The number of carboxylic acid groups (broad SMARTS) is 1. The minimum absolute atomic E-state index is 0.0710. The molecule has 4 nitrogen and oxygen atoms in total. The van der Waals surface area contributed by atoms with E-state index in [-0.39, 0.29) is 24.5 Å². The Hall–Kier alpha value is -2.46. The van der Waals surface area contributed by atoms with Crippen LogP contribution in [0.4, 0.5) is 13.2 Å². The van der Waals surface area contributed by atoms with Crippen molar-refractivity contribution < 1.29 is 27.9 Å². The Morgan fingerprint density at radius 2 is 1.82 bits per heavy atom. The number of nitrogens with zero attached hydrogens (tertiary/aromatic N) is 1. The van der Waals surface area contributed by atoms with Gasteiger partial charge in [-0.2, -0.15) is 13.2 Å². The molecule has 2 rings (SSSR count). The van der Waals surface area contributed by atoms with E-state index in [0.29, 0.717) is 23.4 Å². The Balaban J connectivity index is 2.05. The van der Waals surface area contributed by atoms with Gasteiger partial charge < -0.3 is 9.67 Å². The summed E-state index contributed by atoms with van der Waals surface area (Å²) in [6.45, 7) is 1.75. The molecule has 1 aromatic carbocycles. The Bertz CT molecular complexity index is 1050. The van der Waals surface area contributed by atoms with Crippen LogP contribution >= 0.6 is 11.6 Å². The maximum absolute atomic E-state index is 13.2. The SMILES string of the molecule is CC(CC(=O)O)CC(=O)c1c(CCCCCCC#CCC(F)(F)F)n(C)c2ccc(Cl)cc12. The van der Waals surface area contributed by atoms with Crippen LogP contribution in [0.2, 0.25) is 5.02 Å². The van der Waals surface area contributed by atoms with Gasteiger partial charge in [0.1, 0.15) is 6.42 Å². The molecule has 2 aromatic rings. The first kappa shape index (κ1) is 26.8. The van der Waals surface area contributed by atoms with Gasteiger partial charge in [0.25, 0.3) is 0 Å². The number of alkyl halides is 3. The van der Waals surface area contributed by atoms with Gasteiger partial charge in [-0.1, -0.05) is 37.3 Å². The number of carbonyl (C=O) groups excluding carboxylic acids is 1. The summed E-state index contributed by atoms with van der Waals surface area (Å²) in [4.78, 5) is 24.2. The van der Waals surface area contributed by atoms with Crippen LogP contribution in [0.5, 0.6) is 0 Å². The van der Waals surface area contributed by atoms with E-state index in [0.717, 1.165) is 42.3 Å². The first-order valence-corrected chi connectivity index (χ1v) is 11.4. The summed E-state index contributed by atoms with van der Waals surface area (Å²) < 4.78 is 38.2. The fourth-order valence-corrected chi connectivity index (χ4v) is 4.14. The summed E-state index contributed by atoms with van der Waals surface area (Å²) in [6.07, 6.45) is -0.879. The number of carbonyl (C=O) groups is 2. The van der Waals surface area contributed by atoms with Crippen molar-refractivity contribution in [3.63, 3.8) is 0 Å². The third kappa shape index (κ3) is 8.43. The molecule has 0 aliphatic heterocycles. The van der Waals surface area contributed by atoms with Gasteiger partial charge in [0.15, 0.2) is 5.78 Å². The number of rotatable bonds is 11. The van der Waals surface area contributed by atoms with Crippen LogP contribution in [-0.4, -0.2) is 27.6 Å². The summed E-state index contributed by atoms with van der Waals surface area (Å²) in [5.74, 6) is 3.41. The molecule has 0 fully saturated rings.